The predicted molar refractivity (Wildman–Crippen MR) is 101 cm³/mol. The highest BCUT2D eigenvalue weighted by atomic mass is 35.5. The first kappa shape index (κ1) is 21.9. The van der Waals surface area contributed by atoms with Crippen LogP contribution in [0.3, 0.4) is 0 Å². The smallest absolute Gasteiger partial charge is 0.243 e. The molecular formula is C17H28ClN3O3S. The molecular weight excluding hydrogens is 362 g/mol. The normalized spacial score (nSPS) is 17.6. The molecule has 25 heavy (non-hydrogen) atoms. The zero-order valence-electron chi connectivity index (χ0n) is 15.0. The number of hydrogen-bond donors (Lipinski definition) is 2. The molecule has 8 heteroatoms. The fourth-order valence-electron chi connectivity index (χ4n) is 2.65. The molecule has 1 saturated heterocycles. The average molecular weight is 390 g/mol. The summed E-state index contributed by atoms with van der Waals surface area (Å²) < 4.78 is 26.1. The Morgan fingerprint density at radius 2 is 1.96 bits per heavy atom. The van der Waals surface area contributed by atoms with Crippen molar-refractivity contribution in [3.05, 3.63) is 29.8 Å². The molecule has 6 nitrogen and oxygen atoms in total. The van der Waals surface area contributed by atoms with E-state index in [1.165, 1.54) is 4.31 Å². The molecule has 0 radical (unpaired) electrons. The summed E-state index contributed by atoms with van der Waals surface area (Å²) in [5.41, 5.74) is 0.883. The largest absolute Gasteiger partial charge is 0.352 e. The van der Waals surface area contributed by atoms with E-state index in [0.29, 0.717) is 13.0 Å². The first-order chi connectivity index (χ1) is 11.3. The number of carbonyl (C=O) groups is 1. The SMILES string of the molecule is CC(C)N(C)S(=O)(=O)c1ccc(CNC(=O)CC2CCCN2)cc1.Cl. The van der Waals surface area contributed by atoms with E-state index < -0.39 is 10.0 Å². The van der Waals surface area contributed by atoms with Gasteiger partial charge in [-0.2, -0.15) is 4.31 Å². The van der Waals surface area contributed by atoms with E-state index in [1.54, 1.807) is 31.3 Å². The van der Waals surface area contributed by atoms with Crippen LogP contribution in [0.15, 0.2) is 29.2 Å². The van der Waals surface area contributed by atoms with Crippen molar-refractivity contribution in [2.24, 2.45) is 0 Å². The van der Waals surface area contributed by atoms with E-state index in [0.717, 1.165) is 24.9 Å². The monoisotopic (exact) mass is 389 g/mol. The maximum Gasteiger partial charge on any atom is 0.243 e. The van der Waals surface area contributed by atoms with Crippen molar-refractivity contribution in [3.8, 4) is 0 Å². The number of halogens is 1. The third-order valence-corrected chi connectivity index (χ3v) is 6.46. The highest BCUT2D eigenvalue weighted by Crippen LogP contribution is 2.17. The van der Waals surface area contributed by atoms with Crippen molar-refractivity contribution in [1.82, 2.24) is 14.9 Å². The fourth-order valence-corrected chi connectivity index (χ4v) is 4.02. The average Bonchev–Trinajstić information content (AvgIpc) is 3.05. The van der Waals surface area contributed by atoms with E-state index in [9.17, 15) is 13.2 Å². The second-order valence-electron chi connectivity index (χ2n) is 6.53. The van der Waals surface area contributed by atoms with Gasteiger partial charge in [-0.25, -0.2) is 8.42 Å². The predicted octanol–water partition coefficient (Wildman–Crippen LogP) is 1.90. The van der Waals surface area contributed by atoms with Crippen LogP contribution >= 0.6 is 12.4 Å². The van der Waals surface area contributed by atoms with Crippen LogP contribution in [-0.2, 0) is 21.4 Å². The van der Waals surface area contributed by atoms with Crippen molar-refractivity contribution < 1.29 is 13.2 Å². The number of nitrogens with one attached hydrogen (secondary N) is 2. The Hall–Kier alpha value is -1.15. The van der Waals surface area contributed by atoms with Crippen LogP contribution < -0.4 is 10.6 Å². The standard InChI is InChI=1S/C17H27N3O3S.ClH/c1-13(2)20(3)24(22,23)16-8-6-14(7-9-16)12-19-17(21)11-15-5-4-10-18-15;/h6-9,13,15,18H,4-5,10-12H2,1-3H3,(H,19,21);1H. The molecule has 142 valence electrons. The quantitative estimate of drug-likeness (QED) is 0.746. The lowest BCUT2D eigenvalue weighted by atomic mass is 10.1. The van der Waals surface area contributed by atoms with E-state index >= 15 is 0 Å². The van der Waals surface area contributed by atoms with Crippen LogP contribution in [0, 0.1) is 0 Å². The molecule has 1 aliphatic rings. The molecule has 1 aliphatic heterocycles. The zero-order chi connectivity index (χ0) is 17.7. The van der Waals surface area contributed by atoms with Crippen LogP contribution in [0.5, 0.6) is 0 Å². The Morgan fingerprint density at radius 1 is 1.32 bits per heavy atom. The minimum Gasteiger partial charge on any atom is -0.352 e. The number of benzene rings is 1. The van der Waals surface area contributed by atoms with E-state index in [1.807, 2.05) is 13.8 Å². The molecule has 0 aromatic heterocycles. The summed E-state index contributed by atoms with van der Waals surface area (Å²) in [5.74, 6) is 0.0191. The lowest BCUT2D eigenvalue weighted by Gasteiger charge is -2.21. The summed E-state index contributed by atoms with van der Waals surface area (Å²) in [6, 6.07) is 6.86. The van der Waals surface area contributed by atoms with Crippen LogP contribution in [-0.4, -0.2) is 44.3 Å². The van der Waals surface area contributed by atoms with Gasteiger partial charge < -0.3 is 10.6 Å². The molecule has 1 atom stereocenters. The van der Waals surface area contributed by atoms with Crippen LogP contribution in [0.4, 0.5) is 0 Å². The lowest BCUT2D eigenvalue weighted by Crippen LogP contribution is -2.33. The molecule has 0 aliphatic carbocycles. The minimum absolute atomic E-state index is 0. The number of carbonyl (C=O) groups excluding carboxylic acids is 1. The third kappa shape index (κ3) is 5.95. The molecule has 1 fully saturated rings. The Labute approximate surface area is 156 Å². The molecule has 1 aromatic carbocycles. The van der Waals surface area contributed by atoms with Gasteiger partial charge in [0.2, 0.25) is 15.9 Å². The van der Waals surface area contributed by atoms with E-state index in [2.05, 4.69) is 10.6 Å². The van der Waals surface area contributed by atoms with Gasteiger partial charge >= 0.3 is 0 Å². The van der Waals surface area contributed by atoms with Crippen molar-refractivity contribution in [1.29, 1.82) is 0 Å². The Morgan fingerprint density at radius 3 is 2.48 bits per heavy atom. The van der Waals surface area contributed by atoms with Gasteiger partial charge in [-0.1, -0.05) is 12.1 Å². The summed E-state index contributed by atoms with van der Waals surface area (Å²) in [6.07, 6.45) is 2.66. The van der Waals surface area contributed by atoms with Gasteiger partial charge in [0.1, 0.15) is 0 Å². The van der Waals surface area contributed by atoms with Crippen molar-refractivity contribution in [2.75, 3.05) is 13.6 Å². The molecule has 0 spiro atoms. The zero-order valence-corrected chi connectivity index (χ0v) is 16.6. The van der Waals surface area contributed by atoms with Crippen LogP contribution in [0.2, 0.25) is 0 Å². The second-order valence-corrected chi connectivity index (χ2v) is 8.53. The molecule has 0 bridgehead atoms. The highest BCUT2D eigenvalue weighted by molar-refractivity contribution is 7.89. The number of nitrogens with zero attached hydrogens (tertiary/aromatic N) is 1. The number of rotatable bonds is 7. The maximum absolute atomic E-state index is 12.4. The molecule has 1 unspecified atom stereocenters. The molecule has 1 heterocycles. The van der Waals surface area contributed by atoms with Crippen molar-refractivity contribution >= 4 is 28.3 Å². The summed E-state index contributed by atoms with van der Waals surface area (Å²) in [4.78, 5) is 12.2. The lowest BCUT2D eigenvalue weighted by molar-refractivity contribution is -0.121. The first-order valence-corrected chi connectivity index (χ1v) is 9.82. The molecule has 1 aromatic rings. The molecule has 2 N–H and O–H groups in total. The third-order valence-electron chi connectivity index (χ3n) is 4.41. The molecule has 2 rings (SSSR count). The number of hydrogen-bond acceptors (Lipinski definition) is 4. The van der Waals surface area contributed by atoms with Gasteiger partial charge in [0.05, 0.1) is 4.90 Å². The number of amides is 1. The topological polar surface area (TPSA) is 78.5 Å². The van der Waals surface area contributed by atoms with E-state index in [4.69, 9.17) is 0 Å². The summed E-state index contributed by atoms with van der Waals surface area (Å²) in [5, 5.41) is 6.18. The van der Waals surface area contributed by atoms with Gasteiger partial charge in [0.15, 0.2) is 0 Å². The summed E-state index contributed by atoms with van der Waals surface area (Å²) in [6.45, 7) is 5.06. The van der Waals surface area contributed by atoms with Crippen molar-refractivity contribution in [3.63, 3.8) is 0 Å². The Bertz CT molecular complexity index is 656. The maximum atomic E-state index is 12.4. The van der Waals surface area contributed by atoms with E-state index in [-0.39, 0.29) is 35.3 Å². The molecule has 0 saturated carbocycles. The second kappa shape index (κ2) is 9.52. The highest BCUT2D eigenvalue weighted by Gasteiger charge is 2.22. The minimum atomic E-state index is -3.46. The Balaban J connectivity index is 0.00000312. The Kier molecular flexibility index (Phi) is 8.34. The first-order valence-electron chi connectivity index (χ1n) is 8.38. The summed E-state index contributed by atoms with van der Waals surface area (Å²) in [7, 11) is -1.89. The molecule has 1 amide bonds. The van der Waals surface area contributed by atoms with Gasteiger partial charge in [0.25, 0.3) is 0 Å². The number of sulfonamides is 1. The van der Waals surface area contributed by atoms with Gasteiger partial charge in [0, 0.05) is 32.1 Å². The van der Waals surface area contributed by atoms with Crippen LogP contribution in [0.25, 0.3) is 0 Å². The van der Waals surface area contributed by atoms with Gasteiger partial charge in [-0.05, 0) is 50.9 Å². The fraction of sp³-hybridized carbons (Fsp3) is 0.588. The summed E-state index contributed by atoms with van der Waals surface area (Å²) >= 11 is 0. The van der Waals surface area contributed by atoms with Gasteiger partial charge in [-0.3, -0.25) is 4.79 Å². The van der Waals surface area contributed by atoms with Crippen LogP contribution in [0.1, 0.15) is 38.7 Å². The van der Waals surface area contributed by atoms with Crippen molar-refractivity contribution in [2.45, 2.75) is 56.6 Å². The van der Waals surface area contributed by atoms with Gasteiger partial charge in [-0.15, -0.1) is 12.4 Å².